The number of pyridine rings is 1. The van der Waals surface area contributed by atoms with E-state index in [1.54, 1.807) is 0 Å². The van der Waals surface area contributed by atoms with Crippen LogP contribution in [-0.4, -0.2) is 15.6 Å². The molecule has 0 fully saturated rings. The SMILES string of the molecule is O=C(O)c1cn(-c2ccc(F)cc2F)c(-c2ccccc2F)cc1=O. The lowest BCUT2D eigenvalue weighted by molar-refractivity contribution is 0.0695. The lowest BCUT2D eigenvalue weighted by atomic mass is 10.1. The summed E-state index contributed by atoms with van der Waals surface area (Å²) in [4.78, 5) is 23.2. The number of aromatic nitrogens is 1. The first-order chi connectivity index (χ1) is 11.9. The maximum atomic E-state index is 14.2. The van der Waals surface area contributed by atoms with Crippen LogP contribution in [0, 0.1) is 17.5 Å². The molecule has 0 atom stereocenters. The first-order valence-electron chi connectivity index (χ1n) is 7.09. The number of benzene rings is 2. The minimum absolute atomic E-state index is 0.0275. The van der Waals surface area contributed by atoms with Gasteiger partial charge in [0.1, 0.15) is 23.0 Å². The third kappa shape index (κ3) is 3.03. The molecule has 0 aliphatic carbocycles. The lowest BCUT2D eigenvalue weighted by Gasteiger charge is -2.16. The van der Waals surface area contributed by atoms with Crippen LogP contribution >= 0.6 is 0 Å². The Morgan fingerprint density at radius 1 is 0.960 bits per heavy atom. The van der Waals surface area contributed by atoms with Crippen LogP contribution in [0.4, 0.5) is 13.2 Å². The van der Waals surface area contributed by atoms with Gasteiger partial charge < -0.3 is 9.67 Å². The Kier molecular flexibility index (Phi) is 4.14. The fourth-order valence-electron chi connectivity index (χ4n) is 2.45. The van der Waals surface area contributed by atoms with Crippen LogP contribution < -0.4 is 5.43 Å². The third-order valence-corrected chi connectivity index (χ3v) is 3.60. The molecule has 0 amide bonds. The van der Waals surface area contributed by atoms with Gasteiger partial charge in [-0.3, -0.25) is 4.79 Å². The second-order valence-corrected chi connectivity index (χ2v) is 5.19. The standard InChI is InChI=1S/C18H10F3NO3/c19-10-5-6-15(14(21)7-10)22-9-12(18(24)25)17(23)8-16(22)11-3-1-2-4-13(11)20/h1-9H,(H,24,25). The molecule has 0 radical (unpaired) electrons. The Labute approximate surface area is 139 Å². The summed E-state index contributed by atoms with van der Waals surface area (Å²) in [7, 11) is 0. The molecule has 2 aromatic carbocycles. The van der Waals surface area contributed by atoms with Crippen molar-refractivity contribution in [3.05, 3.63) is 88.0 Å². The van der Waals surface area contributed by atoms with Crippen LogP contribution in [0.15, 0.2) is 59.5 Å². The minimum Gasteiger partial charge on any atom is -0.477 e. The Hall–Kier alpha value is -3.35. The fourth-order valence-corrected chi connectivity index (χ4v) is 2.45. The molecule has 7 heteroatoms. The van der Waals surface area contributed by atoms with Gasteiger partial charge in [-0.1, -0.05) is 12.1 Å². The largest absolute Gasteiger partial charge is 0.477 e. The summed E-state index contributed by atoms with van der Waals surface area (Å²) in [6.45, 7) is 0. The first-order valence-corrected chi connectivity index (χ1v) is 7.09. The molecular formula is C18H10F3NO3. The highest BCUT2D eigenvalue weighted by Gasteiger charge is 2.18. The molecule has 1 aromatic heterocycles. The van der Waals surface area contributed by atoms with Crippen molar-refractivity contribution < 1.29 is 23.1 Å². The van der Waals surface area contributed by atoms with Crippen molar-refractivity contribution in [1.29, 1.82) is 0 Å². The maximum absolute atomic E-state index is 14.2. The molecule has 1 N–H and O–H groups in total. The van der Waals surface area contributed by atoms with Crippen molar-refractivity contribution in [2.45, 2.75) is 0 Å². The zero-order valence-electron chi connectivity index (χ0n) is 12.5. The molecule has 3 rings (SSSR count). The number of halogens is 3. The Morgan fingerprint density at radius 3 is 2.32 bits per heavy atom. The number of carboxylic acid groups (broad SMARTS) is 1. The van der Waals surface area contributed by atoms with Gasteiger partial charge >= 0.3 is 5.97 Å². The van der Waals surface area contributed by atoms with Crippen molar-refractivity contribution in [3.8, 4) is 16.9 Å². The quantitative estimate of drug-likeness (QED) is 0.789. The summed E-state index contributed by atoms with van der Waals surface area (Å²) in [6, 6.07) is 9.03. The van der Waals surface area contributed by atoms with Crippen molar-refractivity contribution in [1.82, 2.24) is 4.57 Å². The Balaban J connectivity index is 2.39. The zero-order chi connectivity index (χ0) is 18.1. The van der Waals surface area contributed by atoms with Crippen LogP contribution in [0.2, 0.25) is 0 Å². The molecule has 0 spiro atoms. The van der Waals surface area contributed by atoms with Crippen LogP contribution in [0.5, 0.6) is 0 Å². The molecule has 1 heterocycles. The van der Waals surface area contributed by atoms with Gasteiger partial charge in [-0.25, -0.2) is 18.0 Å². The zero-order valence-corrected chi connectivity index (χ0v) is 12.5. The monoisotopic (exact) mass is 345 g/mol. The molecule has 3 aromatic rings. The van der Waals surface area contributed by atoms with Crippen LogP contribution in [-0.2, 0) is 0 Å². The van der Waals surface area contributed by atoms with Gasteiger partial charge in [-0.15, -0.1) is 0 Å². The van der Waals surface area contributed by atoms with E-state index in [4.69, 9.17) is 5.11 Å². The fraction of sp³-hybridized carbons (Fsp3) is 0. The highest BCUT2D eigenvalue weighted by Crippen LogP contribution is 2.26. The van der Waals surface area contributed by atoms with E-state index in [-0.39, 0.29) is 16.9 Å². The number of hydrogen-bond acceptors (Lipinski definition) is 2. The number of aromatic carboxylic acids is 1. The van der Waals surface area contributed by atoms with E-state index in [1.165, 1.54) is 18.2 Å². The van der Waals surface area contributed by atoms with Gasteiger partial charge in [-0.05, 0) is 24.3 Å². The molecule has 0 bridgehead atoms. The van der Waals surface area contributed by atoms with Gasteiger partial charge in [0.25, 0.3) is 0 Å². The number of rotatable bonds is 3. The predicted octanol–water partition coefficient (Wildman–Crippen LogP) is 3.62. The van der Waals surface area contributed by atoms with Gasteiger partial charge in [-0.2, -0.15) is 0 Å². The topological polar surface area (TPSA) is 59.3 Å². The van der Waals surface area contributed by atoms with E-state index in [2.05, 4.69) is 0 Å². The molecule has 0 unspecified atom stereocenters. The van der Waals surface area contributed by atoms with Gasteiger partial charge in [0, 0.05) is 23.9 Å². The predicted molar refractivity (Wildman–Crippen MR) is 84.3 cm³/mol. The van der Waals surface area contributed by atoms with Crippen LogP contribution in [0.3, 0.4) is 0 Å². The van der Waals surface area contributed by atoms with E-state index in [9.17, 15) is 22.8 Å². The highest BCUT2D eigenvalue weighted by atomic mass is 19.1. The second kappa shape index (κ2) is 6.27. The molecule has 126 valence electrons. The molecule has 4 nitrogen and oxygen atoms in total. The van der Waals surface area contributed by atoms with E-state index in [1.807, 2.05) is 0 Å². The van der Waals surface area contributed by atoms with E-state index >= 15 is 0 Å². The third-order valence-electron chi connectivity index (χ3n) is 3.60. The average Bonchev–Trinajstić information content (AvgIpc) is 2.55. The summed E-state index contributed by atoms with van der Waals surface area (Å²) in [5.41, 5.74) is -1.78. The summed E-state index contributed by atoms with van der Waals surface area (Å²) < 4.78 is 42.5. The maximum Gasteiger partial charge on any atom is 0.341 e. The van der Waals surface area contributed by atoms with E-state index in [0.29, 0.717) is 6.07 Å². The smallest absolute Gasteiger partial charge is 0.341 e. The van der Waals surface area contributed by atoms with E-state index in [0.717, 1.165) is 35.0 Å². The highest BCUT2D eigenvalue weighted by molar-refractivity contribution is 5.87. The Morgan fingerprint density at radius 2 is 1.68 bits per heavy atom. The molecule has 0 saturated heterocycles. The van der Waals surface area contributed by atoms with E-state index < -0.39 is 34.4 Å². The molecule has 0 aliphatic heterocycles. The van der Waals surface area contributed by atoms with Crippen molar-refractivity contribution >= 4 is 5.97 Å². The van der Waals surface area contributed by atoms with Gasteiger partial charge in [0.15, 0.2) is 5.43 Å². The summed E-state index contributed by atoms with van der Waals surface area (Å²) in [6.07, 6.45) is 0.892. The number of hydrogen-bond donors (Lipinski definition) is 1. The number of nitrogens with zero attached hydrogens (tertiary/aromatic N) is 1. The van der Waals surface area contributed by atoms with Crippen LogP contribution in [0.25, 0.3) is 16.9 Å². The lowest BCUT2D eigenvalue weighted by Crippen LogP contribution is -2.18. The molecular weight excluding hydrogens is 335 g/mol. The first kappa shape index (κ1) is 16.5. The molecule has 25 heavy (non-hydrogen) atoms. The van der Waals surface area contributed by atoms with Gasteiger partial charge in [0.05, 0.1) is 11.4 Å². The van der Waals surface area contributed by atoms with Crippen molar-refractivity contribution in [2.24, 2.45) is 0 Å². The van der Waals surface area contributed by atoms with Crippen LogP contribution in [0.1, 0.15) is 10.4 Å². The van der Waals surface area contributed by atoms with Crippen molar-refractivity contribution in [3.63, 3.8) is 0 Å². The van der Waals surface area contributed by atoms with Gasteiger partial charge in [0.2, 0.25) is 0 Å². The van der Waals surface area contributed by atoms with Crippen molar-refractivity contribution in [2.75, 3.05) is 0 Å². The summed E-state index contributed by atoms with van der Waals surface area (Å²) in [5.74, 6) is -4.01. The Bertz CT molecular complexity index is 1040. The number of carboxylic acids is 1. The second-order valence-electron chi connectivity index (χ2n) is 5.19. The molecule has 0 aliphatic rings. The normalized spacial score (nSPS) is 10.7. The average molecular weight is 345 g/mol. The minimum atomic E-state index is -1.51. The molecule has 0 saturated carbocycles. The summed E-state index contributed by atoms with van der Waals surface area (Å²) >= 11 is 0. The number of carbonyl (C=O) groups is 1. The summed E-state index contributed by atoms with van der Waals surface area (Å²) in [5, 5.41) is 9.13.